The van der Waals surface area contributed by atoms with E-state index in [9.17, 15) is 13.2 Å². The number of benzene rings is 1. The molecule has 1 rings (SSSR count). The summed E-state index contributed by atoms with van der Waals surface area (Å²) in [6.45, 7) is 2.09. The highest BCUT2D eigenvalue weighted by Gasteiger charge is 2.33. The van der Waals surface area contributed by atoms with E-state index in [1.54, 1.807) is 0 Å². The van der Waals surface area contributed by atoms with Gasteiger partial charge in [-0.2, -0.15) is 0 Å². The van der Waals surface area contributed by atoms with E-state index in [0.717, 1.165) is 25.7 Å². The lowest BCUT2D eigenvalue weighted by Gasteiger charge is -2.27. The van der Waals surface area contributed by atoms with Gasteiger partial charge in [0.25, 0.3) is 0 Å². The average molecular weight is 431 g/mol. The predicted octanol–water partition coefficient (Wildman–Crippen LogP) is 3.53. The van der Waals surface area contributed by atoms with Crippen LogP contribution in [0.2, 0.25) is 0 Å². The van der Waals surface area contributed by atoms with Gasteiger partial charge in [0.2, 0.25) is 19.7 Å². The highest BCUT2D eigenvalue weighted by molar-refractivity contribution is 7.89. The van der Waals surface area contributed by atoms with Crippen LogP contribution in [0.4, 0.5) is 5.69 Å². The maximum absolute atomic E-state index is 12.0. The second-order valence-electron chi connectivity index (χ2n) is 5.57. The van der Waals surface area contributed by atoms with Crippen molar-refractivity contribution in [3.05, 3.63) is 24.3 Å². The molecule has 142 valence electrons. The molecule has 0 unspecified atom stereocenters. The van der Waals surface area contributed by atoms with E-state index in [1.807, 2.05) is 0 Å². The van der Waals surface area contributed by atoms with Gasteiger partial charge in [-0.05, 0) is 30.7 Å². The van der Waals surface area contributed by atoms with E-state index in [4.69, 9.17) is 39.9 Å². The van der Waals surface area contributed by atoms with Gasteiger partial charge in [-0.15, -0.1) is 0 Å². The van der Waals surface area contributed by atoms with Crippen molar-refractivity contribution in [3.63, 3.8) is 0 Å². The molecule has 0 bridgehead atoms. The van der Waals surface area contributed by atoms with Crippen molar-refractivity contribution in [1.29, 1.82) is 0 Å². The number of nitrogens with two attached hydrogens (primary N) is 1. The van der Waals surface area contributed by atoms with Crippen molar-refractivity contribution in [2.45, 2.75) is 53.9 Å². The summed E-state index contributed by atoms with van der Waals surface area (Å²) >= 11 is 17.8. The number of hydrogen-bond acceptors (Lipinski definition) is 4. The van der Waals surface area contributed by atoms with Gasteiger partial charge in [-0.25, -0.2) is 13.6 Å². The lowest BCUT2D eigenvalue weighted by atomic mass is 10.1. The molecule has 1 aromatic rings. The van der Waals surface area contributed by atoms with Crippen molar-refractivity contribution in [1.82, 2.24) is 5.32 Å². The zero-order valence-electron chi connectivity index (χ0n) is 13.8. The standard InChI is InChI=1S/C15H22Cl3N3O3S/c1-2-3-4-5-6-13(22)21-14(15(16,17)18)20-11-7-9-12(10-8-11)25(19,23)24/h7-10,14,20H,2-6H2,1H3,(H,21,22)(H2,19,23,24)/t14-/m0/s1. The van der Waals surface area contributed by atoms with Gasteiger partial charge in [0.1, 0.15) is 6.17 Å². The number of amides is 1. The molecule has 0 spiro atoms. The molecule has 6 nitrogen and oxygen atoms in total. The minimum atomic E-state index is -3.79. The number of unbranched alkanes of at least 4 members (excludes halogenated alkanes) is 3. The molecule has 1 aromatic carbocycles. The Balaban J connectivity index is 2.72. The van der Waals surface area contributed by atoms with Crippen LogP contribution < -0.4 is 15.8 Å². The number of alkyl halides is 3. The first-order valence-corrected chi connectivity index (χ1v) is 10.5. The Labute approximate surface area is 163 Å². The van der Waals surface area contributed by atoms with Crippen LogP contribution >= 0.6 is 34.8 Å². The molecule has 0 radical (unpaired) electrons. The van der Waals surface area contributed by atoms with Gasteiger partial charge in [0.05, 0.1) is 4.90 Å². The fraction of sp³-hybridized carbons (Fsp3) is 0.533. The minimum absolute atomic E-state index is 0.0385. The number of anilines is 1. The molecule has 0 aliphatic heterocycles. The third-order valence-corrected chi connectivity index (χ3v) is 4.97. The van der Waals surface area contributed by atoms with Crippen molar-refractivity contribution < 1.29 is 13.2 Å². The molecule has 0 saturated carbocycles. The maximum Gasteiger partial charge on any atom is 0.238 e. The topological polar surface area (TPSA) is 101 Å². The van der Waals surface area contributed by atoms with Crippen molar-refractivity contribution in [2.75, 3.05) is 5.32 Å². The number of nitrogens with one attached hydrogen (secondary N) is 2. The van der Waals surface area contributed by atoms with Crippen LogP contribution in [0.15, 0.2) is 29.2 Å². The summed E-state index contributed by atoms with van der Waals surface area (Å²) in [6, 6.07) is 5.58. The Bertz CT molecular complexity index is 661. The first-order valence-electron chi connectivity index (χ1n) is 7.79. The van der Waals surface area contributed by atoms with Crippen LogP contribution in [0.3, 0.4) is 0 Å². The predicted molar refractivity (Wildman–Crippen MR) is 102 cm³/mol. The van der Waals surface area contributed by atoms with E-state index in [0.29, 0.717) is 12.1 Å². The van der Waals surface area contributed by atoms with Crippen LogP contribution in [-0.2, 0) is 14.8 Å². The summed E-state index contributed by atoms with van der Waals surface area (Å²) in [5.41, 5.74) is 0.468. The number of halogens is 3. The van der Waals surface area contributed by atoms with Gasteiger partial charge >= 0.3 is 0 Å². The summed E-state index contributed by atoms with van der Waals surface area (Å²) in [5, 5.41) is 10.5. The Kier molecular flexibility index (Phi) is 8.77. The molecule has 0 saturated heterocycles. The quantitative estimate of drug-likeness (QED) is 0.317. The summed E-state index contributed by atoms with van der Waals surface area (Å²) in [7, 11) is -3.79. The Morgan fingerprint density at radius 3 is 2.24 bits per heavy atom. The molecule has 1 amide bonds. The summed E-state index contributed by atoms with van der Waals surface area (Å²) in [6.07, 6.45) is 3.23. The highest BCUT2D eigenvalue weighted by atomic mass is 35.6. The number of carbonyl (C=O) groups excluding carboxylic acids is 1. The van der Waals surface area contributed by atoms with Crippen molar-refractivity contribution >= 4 is 56.4 Å². The first kappa shape index (κ1) is 22.3. The molecule has 0 aromatic heterocycles. The first-order chi connectivity index (χ1) is 11.5. The van der Waals surface area contributed by atoms with E-state index in [2.05, 4.69) is 17.6 Å². The van der Waals surface area contributed by atoms with Crippen LogP contribution in [-0.4, -0.2) is 24.3 Å². The van der Waals surface area contributed by atoms with Crippen LogP contribution in [0.1, 0.15) is 39.0 Å². The number of sulfonamides is 1. The fourth-order valence-corrected chi connectivity index (χ4v) is 2.90. The van der Waals surface area contributed by atoms with E-state index >= 15 is 0 Å². The SMILES string of the molecule is CCCCCCC(=O)N[C@H](Nc1ccc(S(N)(=O)=O)cc1)C(Cl)(Cl)Cl. The average Bonchev–Trinajstić information content (AvgIpc) is 2.50. The van der Waals surface area contributed by atoms with Crippen LogP contribution in [0.25, 0.3) is 0 Å². The number of primary sulfonamides is 1. The number of rotatable bonds is 9. The molecular formula is C15H22Cl3N3O3S. The summed E-state index contributed by atoms with van der Waals surface area (Å²) < 4.78 is 20.7. The smallest absolute Gasteiger partial charge is 0.238 e. The molecule has 25 heavy (non-hydrogen) atoms. The van der Waals surface area contributed by atoms with E-state index in [-0.39, 0.29) is 10.8 Å². The lowest BCUT2D eigenvalue weighted by Crippen LogP contribution is -2.49. The third kappa shape index (κ3) is 8.46. The summed E-state index contributed by atoms with van der Waals surface area (Å²) in [5.74, 6) is -0.235. The van der Waals surface area contributed by atoms with Gasteiger partial charge in [0, 0.05) is 12.1 Å². The molecule has 0 aliphatic rings. The lowest BCUT2D eigenvalue weighted by molar-refractivity contribution is -0.121. The Hall–Kier alpha value is -0.730. The number of hydrogen-bond donors (Lipinski definition) is 3. The number of carbonyl (C=O) groups is 1. The zero-order valence-corrected chi connectivity index (χ0v) is 16.9. The van der Waals surface area contributed by atoms with Crippen LogP contribution in [0.5, 0.6) is 0 Å². The molecular weight excluding hydrogens is 409 g/mol. The van der Waals surface area contributed by atoms with E-state index < -0.39 is 20.0 Å². The van der Waals surface area contributed by atoms with Crippen molar-refractivity contribution in [3.8, 4) is 0 Å². The van der Waals surface area contributed by atoms with Gasteiger partial charge in [-0.1, -0.05) is 61.0 Å². The normalized spacial score (nSPS) is 13.3. The Morgan fingerprint density at radius 2 is 1.76 bits per heavy atom. The molecule has 0 aliphatic carbocycles. The van der Waals surface area contributed by atoms with Crippen LogP contribution in [0, 0.1) is 0 Å². The minimum Gasteiger partial charge on any atom is -0.362 e. The fourth-order valence-electron chi connectivity index (χ4n) is 2.05. The Morgan fingerprint density at radius 1 is 1.16 bits per heavy atom. The molecule has 1 atom stereocenters. The monoisotopic (exact) mass is 429 g/mol. The highest BCUT2D eigenvalue weighted by Crippen LogP contribution is 2.31. The van der Waals surface area contributed by atoms with E-state index in [1.165, 1.54) is 24.3 Å². The largest absolute Gasteiger partial charge is 0.362 e. The molecule has 0 heterocycles. The zero-order chi connectivity index (χ0) is 19.1. The molecule has 4 N–H and O–H groups in total. The second-order valence-corrected chi connectivity index (χ2v) is 9.50. The maximum atomic E-state index is 12.0. The van der Waals surface area contributed by atoms with Gasteiger partial charge < -0.3 is 10.6 Å². The third-order valence-electron chi connectivity index (χ3n) is 3.38. The summed E-state index contributed by atoms with van der Waals surface area (Å²) in [4.78, 5) is 12.0. The van der Waals surface area contributed by atoms with Gasteiger partial charge in [0.15, 0.2) is 0 Å². The molecule has 0 fully saturated rings. The van der Waals surface area contributed by atoms with Gasteiger partial charge in [-0.3, -0.25) is 4.79 Å². The van der Waals surface area contributed by atoms with Crippen molar-refractivity contribution in [2.24, 2.45) is 5.14 Å². The molecule has 10 heteroatoms. The second kappa shape index (κ2) is 9.83.